The molecule has 2 saturated carbocycles. The van der Waals surface area contributed by atoms with Gasteiger partial charge in [-0.2, -0.15) is 0 Å². The Morgan fingerprint density at radius 3 is 2.66 bits per heavy atom. The van der Waals surface area contributed by atoms with Crippen molar-refractivity contribution in [1.29, 1.82) is 0 Å². The minimum atomic E-state index is -2.79. The highest BCUT2D eigenvalue weighted by molar-refractivity contribution is 5.85. The van der Waals surface area contributed by atoms with Crippen LogP contribution in [0.3, 0.4) is 0 Å². The Morgan fingerprint density at radius 1 is 1.16 bits per heavy atom. The van der Waals surface area contributed by atoms with Gasteiger partial charge in [-0.3, -0.25) is 9.51 Å². The number of alkyl halides is 2. The Kier molecular flexibility index (Phi) is 4.38. The third-order valence-corrected chi connectivity index (χ3v) is 7.38. The van der Waals surface area contributed by atoms with Gasteiger partial charge < -0.3 is 9.47 Å². The van der Waals surface area contributed by atoms with Crippen LogP contribution in [0.25, 0.3) is 22.8 Å². The SMILES string of the molecule is O=c1[nH]c(-c2nc(N3CCCC(F)(F)C3)c3c(ncn3CC3CCC4(CC3)CC4)n2)no1. The first kappa shape index (κ1) is 19.8. The second kappa shape index (κ2) is 7.08. The van der Waals surface area contributed by atoms with Crippen LogP contribution < -0.4 is 10.7 Å². The zero-order valence-corrected chi connectivity index (χ0v) is 17.7. The average Bonchev–Trinajstić information content (AvgIpc) is 3.18. The molecule has 0 amide bonds. The van der Waals surface area contributed by atoms with Crippen molar-refractivity contribution >= 4 is 17.0 Å². The van der Waals surface area contributed by atoms with E-state index in [-0.39, 0.29) is 18.1 Å². The summed E-state index contributed by atoms with van der Waals surface area (Å²) in [4.78, 5) is 28.9. The van der Waals surface area contributed by atoms with Gasteiger partial charge in [-0.15, -0.1) is 0 Å². The van der Waals surface area contributed by atoms with Crippen molar-refractivity contribution in [3.8, 4) is 11.6 Å². The number of aromatic nitrogens is 6. The molecule has 1 N–H and O–H groups in total. The normalized spacial score (nSPS) is 22.6. The average molecular weight is 445 g/mol. The van der Waals surface area contributed by atoms with E-state index in [1.54, 1.807) is 11.2 Å². The van der Waals surface area contributed by atoms with Gasteiger partial charge in [-0.25, -0.2) is 28.5 Å². The molecule has 1 saturated heterocycles. The maximum Gasteiger partial charge on any atom is 0.439 e. The summed E-state index contributed by atoms with van der Waals surface area (Å²) in [7, 11) is 0. The predicted octanol–water partition coefficient (Wildman–Crippen LogP) is 3.38. The Hall–Kier alpha value is -2.85. The molecule has 170 valence electrons. The standard InChI is InChI=1S/C21H25F2N7O2/c22-21(23)4-1-9-29(11-21)18-14-15(25-16(26-18)17-27-19(31)32-28-17)24-12-30(14)10-13-2-5-20(6-3-13)7-8-20/h12-13H,1-11H2,(H,27,28,31). The summed E-state index contributed by atoms with van der Waals surface area (Å²) < 4.78 is 35.1. The Morgan fingerprint density at radius 2 is 1.97 bits per heavy atom. The summed E-state index contributed by atoms with van der Waals surface area (Å²) in [5, 5.41) is 3.66. The fraction of sp³-hybridized carbons (Fsp3) is 0.667. The number of fused-ring (bicyclic) bond motifs is 1. The van der Waals surface area contributed by atoms with Crippen LogP contribution in [-0.2, 0) is 6.54 Å². The predicted molar refractivity (Wildman–Crippen MR) is 111 cm³/mol. The molecule has 4 heterocycles. The summed E-state index contributed by atoms with van der Waals surface area (Å²) in [5.74, 6) is -2.43. The van der Waals surface area contributed by atoms with Gasteiger partial charge in [-0.1, -0.05) is 5.16 Å². The lowest BCUT2D eigenvalue weighted by atomic mass is 9.80. The molecule has 0 unspecified atom stereocenters. The quantitative estimate of drug-likeness (QED) is 0.656. The monoisotopic (exact) mass is 445 g/mol. The third-order valence-electron chi connectivity index (χ3n) is 7.38. The molecule has 0 atom stereocenters. The highest BCUT2D eigenvalue weighted by Gasteiger charge is 2.44. The minimum absolute atomic E-state index is 0.0541. The van der Waals surface area contributed by atoms with Crippen LogP contribution in [0.15, 0.2) is 15.6 Å². The van der Waals surface area contributed by atoms with Crippen LogP contribution in [0.4, 0.5) is 14.6 Å². The smallest absolute Gasteiger partial charge is 0.349 e. The molecular formula is C21H25F2N7O2. The lowest BCUT2D eigenvalue weighted by Crippen LogP contribution is -2.43. The van der Waals surface area contributed by atoms with E-state index in [4.69, 9.17) is 0 Å². The highest BCUT2D eigenvalue weighted by Crippen LogP contribution is 2.57. The number of imidazole rings is 1. The van der Waals surface area contributed by atoms with Crippen molar-refractivity contribution in [1.82, 2.24) is 29.7 Å². The maximum atomic E-state index is 14.3. The van der Waals surface area contributed by atoms with E-state index in [0.29, 0.717) is 41.3 Å². The van der Waals surface area contributed by atoms with E-state index in [1.165, 1.54) is 38.5 Å². The van der Waals surface area contributed by atoms with Gasteiger partial charge in [-0.05, 0) is 56.3 Å². The number of piperidine rings is 1. The molecule has 1 spiro atoms. The fourth-order valence-corrected chi connectivity index (χ4v) is 5.33. The molecule has 0 bridgehead atoms. The van der Waals surface area contributed by atoms with Gasteiger partial charge >= 0.3 is 5.76 Å². The minimum Gasteiger partial charge on any atom is -0.349 e. The lowest BCUT2D eigenvalue weighted by molar-refractivity contribution is -0.0118. The summed E-state index contributed by atoms with van der Waals surface area (Å²) in [6.45, 7) is 0.825. The molecule has 11 heteroatoms. The van der Waals surface area contributed by atoms with Gasteiger partial charge in [0.05, 0.1) is 12.9 Å². The van der Waals surface area contributed by atoms with E-state index < -0.39 is 18.2 Å². The maximum absolute atomic E-state index is 14.3. The van der Waals surface area contributed by atoms with Crippen molar-refractivity contribution < 1.29 is 13.3 Å². The van der Waals surface area contributed by atoms with Crippen LogP contribution >= 0.6 is 0 Å². The number of nitrogens with one attached hydrogen (secondary N) is 1. The van der Waals surface area contributed by atoms with Crippen molar-refractivity contribution in [2.75, 3.05) is 18.0 Å². The molecular weight excluding hydrogens is 420 g/mol. The van der Waals surface area contributed by atoms with Gasteiger partial charge in [0.1, 0.15) is 5.52 Å². The number of nitrogens with zero attached hydrogens (tertiary/aromatic N) is 6. The lowest BCUT2D eigenvalue weighted by Gasteiger charge is -2.34. The summed E-state index contributed by atoms with van der Waals surface area (Å²) in [6, 6.07) is 0. The number of anilines is 1. The third kappa shape index (κ3) is 3.57. The van der Waals surface area contributed by atoms with Crippen molar-refractivity contribution in [3.63, 3.8) is 0 Å². The topological polar surface area (TPSA) is 106 Å². The summed E-state index contributed by atoms with van der Waals surface area (Å²) in [5.41, 5.74) is 1.67. The molecule has 32 heavy (non-hydrogen) atoms. The second-order valence-corrected chi connectivity index (χ2v) is 9.71. The van der Waals surface area contributed by atoms with Crippen LogP contribution in [0, 0.1) is 11.3 Å². The summed E-state index contributed by atoms with van der Waals surface area (Å²) in [6.07, 6.45) is 9.58. The molecule has 0 radical (unpaired) electrons. The zero-order chi connectivity index (χ0) is 21.9. The molecule has 3 aromatic rings. The molecule has 3 aliphatic rings. The molecule has 1 aliphatic heterocycles. The van der Waals surface area contributed by atoms with Gasteiger partial charge in [0.15, 0.2) is 11.5 Å². The van der Waals surface area contributed by atoms with E-state index in [2.05, 4.69) is 29.6 Å². The van der Waals surface area contributed by atoms with Crippen LogP contribution in [0.5, 0.6) is 0 Å². The van der Waals surface area contributed by atoms with Crippen LogP contribution in [-0.4, -0.2) is 48.7 Å². The van der Waals surface area contributed by atoms with Crippen LogP contribution in [0.1, 0.15) is 51.4 Å². The molecule has 2 aliphatic carbocycles. The largest absolute Gasteiger partial charge is 0.439 e. The van der Waals surface area contributed by atoms with E-state index in [0.717, 1.165) is 6.54 Å². The number of H-pyrrole nitrogens is 1. The fourth-order valence-electron chi connectivity index (χ4n) is 5.33. The molecule has 9 nitrogen and oxygen atoms in total. The molecule has 0 aromatic carbocycles. The van der Waals surface area contributed by atoms with Crippen molar-refractivity contribution in [2.24, 2.45) is 11.3 Å². The van der Waals surface area contributed by atoms with E-state index >= 15 is 0 Å². The molecule has 6 rings (SSSR count). The molecule has 3 aromatic heterocycles. The number of hydrogen-bond acceptors (Lipinski definition) is 7. The van der Waals surface area contributed by atoms with Gasteiger partial charge in [0.2, 0.25) is 11.6 Å². The molecule has 3 fully saturated rings. The van der Waals surface area contributed by atoms with Crippen molar-refractivity contribution in [2.45, 2.75) is 63.8 Å². The zero-order valence-electron chi connectivity index (χ0n) is 17.7. The number of hydrogen-bond donors (Lipinski definition) is 1. The van der Waals surface area contributed by atoms with E-state index in [9.17, 15) is 13.6 Å². The first-order valence-corrected chi connectivity index (χ1v) is 11.3. The number of rotatable bonds is 4. The Balaban J connectivity index is 1.39. The second-order valence-electron chi connectivity index (χ2n) is 9.71. The Bertz CT molecular complexity index is 1200. The number of aromatic amines is 1. The highest BCUT2D eigenvalue weighted by atomic mass is 19.3. The first-order chi connectivity index (χ1) is 15.4. The van der Waals surface area contributed by atoms with Crippen molar-refractivity contribution in [3.05, 3.63) is 16.9 Å². The van der Waals surface area contributed by atoms with Gasteiger partial charge in [0.25, 0.3) is 5.92 Å². The Labute approximate surface area is 182 Å². The number of halogens is 2. The van der Waals surface area contributed by atoms with E-state index in [1.807, 2.05) is 4.57 Å². The summed E-state index contributed by atoms with van der Waals surface area (Å²) >= 11 is 0. The first-order valence-electron chi connectivity index (χ1n) is 11.3. The van der Waals surface area contributed by atoms with Crippen LogP contribution in [0.2, 0.25) is 0 Å². The van der Waals surface area contributed by atoms with Gasteiger partial charge in [0, 0.05) is 19.5 Å².